The van der Waals surface area contributed by atoms with Crippen LogP contribution in [0.3, 0.4) is 0 Å². The number of piperidine rings is 1. The number of nitrogens with zero attached hydrogens (tertiary/aromatic N) is 3. The predicted octanol–water partition coefficient (Wildman–Crippen LogP) is 2.47. The summed E-state index contributed by atoms with van der Waals surface area (Å²) < 4.78 is 34.5. The van der Waals surface area contributed by atoms with Gasteiger partial charge in [-0.3, -0.25) is 4.79 Å². The quantitative estimate of drug-likeness (QED) is 0.766. The number of amides is 1. The molecule has 9 heteroatoms. The molecular weight excluding hydrogens is 428 g/mol. The van der Waals surface area contributed by atoms with Gasteiger partial charge in [0.05, 0.1) is 13.2 Å². The number of benzene rings is 2. The van der Waals surface area contributed by atoms with Crippen molar-refractivity contribution in [2.75, 3.05) is 43.1 Å². The van der Waals surface area contributed by atoms with E-state index in [2.05, 4.69) is 14.6 Å². The lowest BCUT2D eigenvalue weighted by molar-refractivity contribution is -0.120. The molecule has 8 nitrogen and oxygen atoms in total. The molecule has 2 aromatic rings. The van der Waals surface area contributed by atoms with Crippen LogP contribution >= 0.6 is 0 Å². The number of morpholine rings is 1. The van der Waals surface area contributed by atoms with Crippen molar-refractivity contribution in [1.29, 1.82) is 0 Å². The third-order valence-corrected chi connectivity index (χ3v) is 7.53. The summed E-state index contributed by atoms with van der Waals surface area (Å²) in [5.74, 6) is 0.233. The number of likely N-dealkylation sites (tertiary alicyclic amines) is 1. The summed E-state index contributed by atoms with van der Waals surface area (Å²) in [5, 5.41) is 3.01. The molecule has 0 bridgehead atoms. The number of ether oxygens (including phenoxy) is 1. The highest BCUT2D eigenvalue weighted by molar-refractivity contribution is 7.90. The first-order valence-corrected chi connectivity index (χ1v) is 12.4. The zero-order chi connectivity index (χ0) is 22.1. The van der Waals surface area contributed by atoms with Gasteiger partial charge in [0.15, 0.2) is 5.84 Å². The minimum atomic E-state index is -3.73. The zero-order valence-corrected chi connectivity index (χ0v) is 18.6. The van der Waals surface area contributed by atoms with Gasteiger partial charge in [0.1, 0.15) is 10.9 Å². The Kier molecular flexibility index (Phi) is 5.60. The van der Waals surface area contributed by atoms with Crippen LogP contribution in [-0.4, -0.2) is 64.0 Å². The molecule has 2 fully saturated rings. The van der Waals surface area contributed by atoms with Crippen molar-refractivity contribution in [3.63, 3.8) is 0 Å². The van der Waals surface area contributed by atoms with Crippen molar-refractivity contribution < 1.29 is 17.9 Å². The highest BCUT2D eigenvalue weighted by Crippen LogP contribution is 2.31. The van der Waals surface area contributed by atoms with Crippen molar-refractivity contribution in [1.82, 2.24) is 4.90 Å². The fraction of sp³-hybridized carbons (Fsp3) is 0.391. The third-order valence-electron chi connectivity index (χ3n) is 6.20. The van der Waals surface area contributed by atoms with Crippen LogP contribution in [0.25, 0.3) is 0 Å². The van der Waals surface area contributed by atoms with E-state index in [1.165, 1.54) is 0 Å². The van der Waals surface area contributed by atoms with Gasteiger partial charge in [-0.05, 0) is 55.7 Å². The van der Waals surface area contributed by atoms with Crippen LogP contribution in [0.5, 0.6) is 0 Å². The number of hydrogen-bond donors (Lipinski definition) is 1. The molecular formula is C23H26N4O4S. The summed E-state index contributed by atoms with van der Waals surface area (Å²) in [7, 11) is -3.73. The van der Waals surface area contributed by atoms with Gasteiger partial charge in [-0.15, -0.1) is 4.40 Å². The van der Waals surface area contributed by atoms with Crippen molar-refractivity contribution in [2.45, 2.75) is 30.2 Å². The number of rotatable bonds is 3. The second-order valence-corrected chi connectivity index (χ2v) is 9.80. The maximum Gasteiger partial charge on any atom is 0.285 e. The van der Waals surface area contributed by atoms with Crippen LogP contribution in [0, 0.1) is 0 Å². The van der Waals surface area contributed by atoms with E-state index in [9.17, 15) is 13.2 Å². The Hall–Kier alpha value is -2.91. The largest absolute Gasteiger partial charge is 0.378 e. The minimum absolute atomic E-state index is 0.145. The number of nitrogens with one attached hydrogen (secondary N) is 1. The highest BCUT2D eigenvalue weighted by atomic mass is 32.2. The molecule has 2 aromatic carbocycles. The number of fused-ring (bicyclic) bond motifs is 1. The zero-order valence-electron chi connectivity index (χ0n) is 17.7. The maximum atomic E-state index is 13.2. The molecule has 5 rings (SSSR count). The van der Waals surface area contributed by atoms with Crippen LogP contribution in [0.2, 0.25) is 0 Å². The summed E-state index contributed by atoms with van der Waals surface area (Å²) in [5.41, 5.74) is 2.40. The first-order chi connectivity index (χ1) is 15.5. The molecule has 1 amide bonds. The normalized spacial score (nSPS) is 22.2. The Morgan fingerprint density at radius 3 is 2.53 bits per heavy atom. The van der Waals surface area contributed by atoms with E-state index < -0.39 is 16.1 Å². The number of sulfonamides is 1. The molecule has 1 N–H and O–H groups in total. The van der Waals surface area contributed by atoms with E-state index >= 15 is 0 Å². The number of carbonyl (C=O) groups excluding carboxylic acids is 1. The fourth-order valence-electron chi connectivity index (χ4n) is 4.56. The van der Waals surface area contributed by atoms with Gasteiger partial charge < -0.3 is 19.9 Å². The summed E-state index contributed by atoms with van der Waals surface area (Å²) in [6.45, 7) is 3.75. The van der Waals surface area contributed by atoms with Gasteiger partial charge in [0.2, 0.25) is 5.91 Å². The maximum absolute atomic E-state index is 13.2. The number of carbonyl (C=O) groups is 1. The van der Waals surface area contributed by atoms with E-state index in [0.717, 1.165) is 50.5 Å². The Morgan fingerprint density at radius 2 is 1.75 bits per heavy atom. The van der Waals surface area contributed by atoms with Crippen LogP contribution in [-0.2, 0) is 19.6 Å². The topological polar surface area (TPSA) is 91.3 Å². The number of anilines is 2. The molecule has 3 aliphatic rings. The Morgan fingerprint density at radius 1 is 1.00 bits per heavy atom. The molecule has 3 heterocycles. The van der Waals surface area contributed by atoms with E-state index in [1.54, 1.807) is 24.3 Å². The van der Waals surface area contributed by atoms with Gasteiger partial charge in [0, 0.05) is 36.6 Å². The SMILES string of the molecule is O=C(Nc1ccc(N2CCOCC2)cc1)C1CCCCN1C1=NS(=O)(=O)c2ccccc21. The first kappa shape index (κ1) is 21.0. The average molecular weight is 455 g/mol. The molecule has 168 valence electrons. The van der Waals surface area contributed by atoms with Crippen molar-refractivity contribution in [3.05, 3.63) is 54.1 Å². The second kappa shape index (κ2) is 8.55. The van der Waals surface area contributed by atoms with E-state index in [1.807, 2.05) is 29.2 Å². The van der Waals surface area contributed by atoms with E-state index in [-0.39, 0.29) is 10.8 Å². The smallest absolute Gasteiger partial charge is 0.285 e. The average Bonchev–Trinajstić information content (AvgIpc) is 3.11. The van der Waals surface area contributed by atoms with Gasteiger partial charge in [-0.2, -0.15) is 8.42 Å². The minimum Gasteiger partial charge on any atom is -0.378 e. The Labute approximate surface area is 187 Å². The number of hydrogen-bond acceptors (Lipinski definition) is 6. The molecule has 1 atom stereocenters. The van der Waals surface area contributed by atoms with Gasteiger partial charge in [0.25, 0.3) is 10.0 Å². The second-order valence-electron chi connectivity index (χ2n) is 8.23. The predicted molar refractivity (Wildman–Crippen MR) is 123 cm³/mol. The van der Waals surface area contributed by atoms with Crippen LogP contribution in [0.4, 0.5) is 11.4 Å². The van der Waals surface area contributed by atoms with Crippen LogP contribution in [0.1, 0.15) is 24.8 Å². The highest BCUT2D eigenvalue weighted by Gasteiger charge is 2.38. The van der Waals surface area contributed by atoms with E-state index in [0.29, 0.717) is 24.4 Å². The summed E-state index contributed by atoms with van der Waals surface area (Å²) in [6, 6.07) is 14.2. The van der Waals surface area contributed by atoms with Gasteiger partial charge in [-0.25, -0.2) is 0 Å². The molecule has 0 spiro atoms. The molecule has 0 radical (unpaired) electrons. The molecule has 1 unspecified atom stereocenters. The molecule has 0 aromatic heterocycles. The van der Waals surface area contributed by atoms with Gasteiger partial charge >= 0.3 is 0 Å². The summed E-state index contributed by atoms with van der Waals surface area (Å²) in [6.07, 6.45) is 2.45. The Bertz CT molecular complexity index is 1140. The van der Waals surface area contributed by atoms with E-state index in [4.69, 9.17) is 4.74 Å². The van der Waals surface area contributed by atoms with Crippen molar-refractivity contribution >= 4 is 33.1 Å². The van der Waals surface area contributed by atoms with Crippen LogP contribution in [0.15, 0.2) is 57.8 Å². The van der Waals surface area contributed by atoms with Crippen molar-refractivity contribution in [3.8, 4) is 0 Å². The molecule has 32 heavy (non-hydrogen) atoms. The molecule has 0 aliphatic carbocycles. The van der Waals surface area contributed by atoms with Crippen LogP contribution < -0.4 is 10.2 Å². The Balaban J connectivity index is 1.34. The lowest BCUT2D eigenvalue weighted by atomic mass is 9.99. The molecule has 3 aliphatic heterocycles. The van der Waals surface area contributed by atoms with Crippen molar-refractivity contribution in [2.24, 2.45) is 4.40 Å². The lowest BCUT2D eigenvalue weighted by Gasteiger charge is -2.36. The molecule has 0 saturated carbocycles. The number of amidine groups is 1. The molecule has 2 saturated heterocycles. The monoisotopic (exact) mass is 454 g/mol. The third kappa shape index (κ3) is 3.98. The fourth-order valence-corrected chi connectivity index (χ4v) is 5.77. The van der Waals surface area contributed by atoms with Gasteiger partial charge in [-0.1, -0.05) is 12.1 Å². The summed E-state index contributed by atoms with van der Waals surface area (Å²) >= 11 is 0. The standard InChI is InChI=1S/C23H26N4O4S/c28-23(24-17-8-10-18(11-9-17)26-13-15-31-16-14-26)20-6-3-4-12-27(20)22-19-5-1-2-7-21(19)32(29,30)25-22/h1-2,5,7-11,20H,3-4,6,12-16H2,(H,24,28). The lowest BCUT2D eigenvalue weighted by Crippen LogP contribution is -2.50. The first-order valence-electron chi connectivity index (χ1n) is 11.0. The summed E-state index contributed by atoms with van der Waals surface area (Å²) in [4.78, 5) is 17.5.